The fourth-order valence-corrected chi connectivity index (χ4v) is 2.95. The van der Waals surface area contributed by atoms with Gasteiger partial charge in [-0.1, -0.05) is 0 Å². The van der Waals surface area contributed by atoms with E-state index in [0.717, 1.165) is 5.56 Å². The van der Waals surface area contributed by atoms with Gasteiger partial charge in [-0.25, -0.2) is 9.18 Å². The highest BCUT2D eigenvalue weighted by Crippen LogP contribution is 2.30. The van der Waals surface area contributed by atoms with E-state index in [0.29, 0.717) is 23.7 Å². The molecule has 0 saturated carbocycles. The Morgan fingerprint density at radius 3 is 2.37 bits per heavy atom. The van der Waals surface area contributed by atoms with E-state index in [1.54, 1.807) is 26.4 Å². The molecule has 30 heavy (non-hydrogen) atoms. The average molecular weight is 415 g/mol. The molecule has 1 heterocycles. The maximum Gasteiger partial charge on any atom is 0.359 e. The number of nitrogens with one attached hydrogen (secondary N) is 1. The zero-order valence-corrected chi connectivity index (χ0v) is 17.1. The first-order valence-electron chi connectivity index (χ1n) is 8.98. The molecule has 3 aromatic rings. The Kier molecular flexibility index (Phi) is 6.41. The van der Waals surface area contributed by atoms with Gasteiger partial charge in [0, 0.05) is 18.2 Å². The molecule has 3 rings (SSSR count). The number of hydrogen-bond donors (Lipinski definition) is 1. The number of ether oxygens (including phenoxy) is 4. The molecule has 2 aromatic carbocycles. The van der Waals surface area contributed by atoms with E-state index in [1.807, 2.05) is 6.07 Å². The highest BCUT2D eigenvalue weighted by Gasteiger charge is 2.26. The number of aromatic nitrogens is 2. The van der Waals surface area contributed by atoms with Crippen molar-refractivity contribution >= 4 is 11.8 Å². The number of nitrogens with zero attached hydrogens (tertiary/aromatic N) is 2. The second kappa shape index (κ2) is 9.17. The minimum Gasteiger partial charge on any atom is -0.497 e. The number of carbonyl (C=O) groups excluding carboxylic acids is 1. The van der Waals surface area contributed by atoms with Crippen LogP contribution in [0.5, 0.6) is 17.5 Å². The minimum atomic E-state index is -0.626. The zero-order valence-electron chi connectivity index (χ0n) is 17.1. The van der Waals surface area contributed by atoms with Gasteiger partial charge in [0.2, 0.25) is 0 Å². The summed E-state index contributed by atoms with van der Waals surface area (Å²) in [5, 5.41) is 3.13. The number of methoxy groups -OCH3 is 4. The zero-order chi connectivity index (χ0) is 21.7. The standard InChI is InChI=1S/C21H22FN3O5/c1-27-16-10-5-13(17(11-16)28-2)12-23-19-18(20(26)29-3)25(21(24-19)30-4)15-8-6-14(22)7-9-15/h5-11,23H,12H2,1-4H3. The van der Waals surface area contributed by atoms with E-state index in [4.69, 9.17) is 18.9 Å². The smallest absolute Gasteiger partial charge is 0.359 e. The summed E-state index contributed by atoms with van der Waals surface area (Å²) in [5.74, 6) is 0.502. The molecular weight excluding hydrogens is 393 g/mol. The Labute approximate surface area is 173 Å². The lowest BCUT2D eigenvalue weighted by molar-refractivity contribution is 0.0592. The van der Waals surface area contributed by atoms with Crippen LogP contribution in [0.2, 0.25) is 0 Å². The molecule has 0 fully saturated rings. The molecular formula is C21H22FN3O5. The SMILES string of the molecule is COC(=O)c1c(NCc2ccc(OC)cc2OC)nc(OC)n1-c1ccc(F)cc1. The molecule has 1 aromatic heterocycles. The summed E-state index contributed by atoms with van der Waals surface area (Å²) >= 11 is 0. The van der Waals surface area contributed by atoms with Gasteiger partial charge in [0.25, 0.3) is 0 Å². The Bertz CT molecular complexity index is 1030. The highest BCUT2D eigenvalue weighted by atomic mass is 19.1. The van der Waals surface area contributed by atoms with Gasteiger partial charge in [-0.05, 0) is 36.4 Å². The van der Waals surface area contributed by atoms with Crippen LogP contribution in [0.3, 0.4) is 0 Å². The number of benzene rings is 2. The number of carbonyl (C=O) groups is 1. The van der Waals surface area contributed by atoms with Crippen molar-refractivity contribution in [3.05, 3.63) is 59.5 Å². The Morgan fingerprint density at radius 2 is 1.77 bits per heavy atom. The van der Waals surface area contributed by atoms with Crippen LogP contribution < -0.4 is 19.5 Å². The molecule has 0 aliphatic heterocycles. The molecule has 0 bridgehead atoms. The monoisotopic (exact) mass is 415 g/mol. The Morgan fingerprint density at radius 1 is 1.03 bits per heavy atom. The third-order valence-corrected chi connectivity index (χ3v) is 4.43. The summed E-state index contributed by atoms with van der Waals surface area (Å²) < 4.78 is 35.7. The van der Waals surface area contributed by atoms with Crippen molar-refractivity contribution in [2.45, 2.75) is 6.54 Å². The van der Waals surface area contributed by atoms with E-state index in [1.165, 1.54) is 43.1 Å². The third kappa shape index (κ3) is 4.14. The van der Waals surface area contributed by atoms with E-state index in [9.17, 15) is 9.18 Å². The van der Waals surface area contributed by atoms with Crippen molar-refractivity contribution in [1.82, 2.24) is 9.55 Å². The fourth-order valence-electron chi connectivity index (χ4n) is 2.95. The van der Waals surface area contributed by atoms with Crippen LogP contribution in [0, 0.1) is 5.82 Å². The van der Waals surface area contributed by atoms with Crippen LogP contribution in [0.25, 0.3) is 5.69 Å². The van der Waals surface area contributed by atoms with Gasteiger partial charge in [-0.15, -0.1) is 0 Å². The normalized spacial score (nSPS) is 10.4. The van der Waals surface area contributed by atoms with Crippen LogP contribution >= 0.6 is 0 Å². The first-order valence-corrected chi connectivity index (χ1v) is 8.98. The summed E-state index contributed by atoms with van der Waals surface area (Å²) in [6, 6.07) is 11.2. The summed E-state index contributed by atoms with van der Waals surface area (Å²) in [6.07, 6.45) is 0. The predicted octanol–water partition coefficient (Wildman–Crippen LogP) is 3.44. The van der Waals surface area contributed by atoms with Gasteiger partial charge in [-0.3, -0.25) is 4.57 Å². The van der Waals surface area contributed by atoms with Gasteiger partial charge in [0.1, 0.15) is 17.3 Å². The maximum atomic E-state index is 13.4. The number of esters is 1. The second-order valence-corrected chi connectivity index (χ2v) is 6.13. The number of rotatable bonds is 8. The van der Waals surface area contributed by atoms with Crippen LogP contribution in [0.4, 0.5) is 10.2 Å². The van der Waals surface area contributed by atoms with Crippen molar-refractivity contribution < 1.29 is 28.1 Å². The van der Waals surface area contributed by atoms with Gasteiger partial charge in [-0.2, -0.15) is 4.98 Å². The summed E-state index contributed by atoms with van der Waals surface area (Å²) in [4.78, 5) is 16.9. The van der Waals surface area contributed by atoms with E-state index < -0.39 is 11.8 Å². The van der Waals surface area contributed by atoms with Gasteiger partial charge >= 0.3 is 12.0 Å². The number of anilines is 1. The molecule has 8 nitrogen and oxygen atoms in total. The predicted molar refractivity (Wildman–Crippen MR) is 108 cm³/mol. The molecule has 0 aliphatic carbocycles. The first kappa shape index (κ1) is 21.0. The van der Waals surface area contributed by atoms with Gasteiger partial charge < -0.3 is 24.3 Å². The maximum absolute atomic E-state index is 13.4. The van der Waals surface area contributed by atoms with Crippen LogP contribution in [0.1, 0.15) is 16.1 Å². The van der Waals surface area contributed by atoms with Gasteiger partial charge in [0.15, 0.2) is 11.5 Å². The van der Waals surface area contributed by atoms with Crippen molar-refractivity contribution in [3.8, 4) is 23.2 Å². The molecule has 0 unspecified atom stereocenters. The summed E-state index contributed by atoms with van der Waals surface area (Å²) in [6.45, 7) is 0.306. The molecule has 0 atom stereocenters. The van der Waals surface area contributed by atoms with Gasteiger partial charge in [0.05, 0.1) is 34.1 Å². The lowest BCUT2D eigenvalue weighted by Gasteiger charge is -2.12. The van der Waals surface area contributed by atoms with Crippen molar-refractivity contribution in [2.24, 2.45) is 0 Å². The molecule has 158 valence electrons. The highest BCUT2D eigenvalue weighted by molar-refractivity contribution is 5.94. The van der Waals surface area contributed by atoms with Crippen LogP contribution in [0.15, 0.2) is 42.5 Å². The Balaban J connectivity index is 2.01. The van der Waals surface area contributed by atoms with Crippen LogP contribution in [-0.4, -0.2) is 44.0 Å². The molecule has 1 N–H and O–H groups in total. The van der Waals surface area contributed by atoms with Crippen LogP contribution in [-0.2, 0) is 11.3 Å². The molecule has 0 aliphatic rings. The third-order valence-electron chi connectivity index (χ3n) is 4.43. The molecule has 0 spiro atoms. The first-order chi connectivity index (χ1) is 14.5. The van der Waals surface area contributed by atoms with Crippen molar-refractivity contribution in [1.29, 1.82) is 0 Å². The summed E-state index contributed by atoms with van der Waals surface area (Å²) in [7, 11) is 5.83. The summed E-state index contributed by atoms with van der Waals surface area (Å²) in [5.41, 5.74) is 1.44. The fraction of sp³-hybridized carbons (Fsp3) is 0.238. The van der Waals surface area contributed by atoms with E-state index >= 15 is 0 Å². The molecule has 0 amide bonds. The van der Waals surface area contributed by atoms with E-state index in [2.05, 4.69) is 10.3 Å². The lowest BCUT2D eigenvalue weighted by atomic mass is 10.2. The largest absolute Gasteiger partial charge is 0.497 e. The number of imidazole rings is 1. The van der Waals surface area contributed by atoms with Crippen molar-refractivity contribution in [2.75, 3.05) is 33.8 Å². The topological polar surface area (TPSA) is 83.8 Å². The quantitative estimate of drug-likeness (QED) is 0.564. The number of hydrogen-bond acceptors (Lipinski definition) is 7. The Hall–Kier alpha value is -3.75. The van der Waals surface area contributed by atoms with Crippen molar-refractivity contribution in [3.63, 3.8) is 0 Å². The van der Waals surface area contributed by atoms with E-state index in [-0.39, 0.29) is 17.5 Å². The molecule has 0 saturated heterocycles. The second-order valence-electron chi connectivity index (χ2n) is 6.13. The number of halogens is 1. The lowest BCUT2D eigenvalue weighted by Crippen LogP contribution is -2.13. The minimum absolute atomic E-state index is 0.119. The average Bonchev–Trinajstić information content (AvgIpc) is 3.16. The molecule has 0 radical (unpaired) electrons. The molecule has 9 heteroatoms.